The van der Waals surface area contributed by atoms with Gasteiger partial charge < -0.3 is 21.3 Å². The SMILES string of the molecule is Cl.NCc1cccc(NC(C(=O)Nc2ccc(N3CCCC3=O)c(Cl)c2)c2ccccc2F)c1. The number of hydrogen-bond donors (Lipinski definition) is 3. The number of carbonyl (C=O) groups is 2. The predicted octanol–water partition coefficient (Wildman–Crippen LogP) is 5.28. The molecule has 1 unspecified atom stereocenters. The van der Waals surface area contributed by atoms with E-state index in [-0.39, 0.29) is 23.9 Å². The van der Waals surface area contributed by atoms with Crippen LogP contribution in [0.1, 0.15) is 30.0 Å². The molecule has 0 aliphatic carbocycles. The molecule has 1 heterocycles. The minimum atomic E-state index is -1.00. The third-order valence-corrected chi connectivity index (χ3v) is 5.83. The van der Waals surface area contributed by atoms with Crippen molar-refractivity contribution in [1.82, 2.24) is 0 Å². The second-order valence-corrected chi connectivity index (χ2v) is 8.21. The highest BCUT2D eigenvalue weighted by atomic mass is 35.5. The Kier molecular flexibility index (Phi) is 8.50. The van der Waals surface area contributed by atoms with Gasteiger partial charge in [0.1, 0.15) is 11.9 Å². The van der Waals surface area contributed by atoms with Gasteiger partial charge in [0.25, 0.3) is 5.91 Å². The Bertz CT molecular complexity index is 1190. The van der Waals surface area contributed by atoms with Gasteiger partial charge >= 0.3 is 0 Å². The highest BCUT2D eigenvalue weighted by Crippen LogP contribution is 2.32. The molecule has 9 heteroatoms. The highest BCUT2D eigenvalue weighted by molar-refractivity contribution is 6.34. The van der Waals surface area contributed by atoms with Crippen molar-refractivity contribution in [3.05, 3.63) is 88.7 Å². The zero-order chi connectivity index (χ0) is 23.4. The third-order valence-electron chi connectivity index (χ3n) is 5.53. The van der Waals surface area contributed by atoms with Crippen molar-refractivity contribution >= 4 is 52.9 Å². The van der Waals surface area contributed by atoms with Gasteiger partial charge in [-0.2, -0.15) is 0 Å². The van der Waals surface area contributed by atoms with Crippen LogP contribution in [-0.2, 0) is 16.1 Å². The summed E-state index contributed by atoms with van der Waals surface area (Å²) in [6, 6.07) is 17.4. The van der Waals surface area contributed by atoms with E-state index in [0.717, 1.165) is 12.0 Å². The number of rotatable bonds is 7. The molecule has 6 nitrogen and oxygen atoms in total. The molecular formula is C25H25Cl2FN4O2. The Morgan fingerprint density at radius 2 is 1.88 bits per heavy atom. The topological polar surface area (TPSA) is 87.5 Å². The summed E-state index contributed by atoms with van der Waals surface area (Å²) >= 11 is 6.41. The van der Waals surface area contributed by atoms with Gasteiger partial charge in [0.2, 0.25) is 5.91 Å². The van der Waals surface area contributed by atoms with Crippen LogP contribution in [0.15, 0.2) is 66.7 Å². The summed E-state index contributed by atoms with van der Waals surface area (Å²) in [7, 11) is 0. The Hall–Kier alpha value is -3.13. The molecule has 0 bridgehead atoms. The van der Waals surface area contributed by atoms with Gasteiger partial charge in [0.15, 0.2) is 0 Å². The van der Waals surface area contributed by atoms with Gasteiger partial charge in [-0.05, 0) is 48.4 Å². The molecule has 0 aromatic heterocycles. The van der Waals surface area contributed by atoms with Crippen molar-refractivity contribution in [2.75, 3.05) is 22.1 Å². The summed E-state index contributed by atoms with van der Waals surface area (Å²) in [5.41, 5.74) is 8.51. The molecule has 3 aromatic rings. The quantitative estimate of drug-likeness (QED) is 0.410. The maximum Gasteiger partial charge on any atom is 0.251 e. The van der Waals surface area contributed by atoms with E-state index in [1.54, 1.807) is 47.4 Å². The summed E-state index contributed by atoms with van der Waals surface area (Å²) in [6.07, 6.45) is 1.28. The molecule has 4 N–H and O–H groups in total. The van der Waals surface area contributed by atoms with E-state index >= 15 is 0 Å². The monoisotopic (exact) mass is 502 g/mol. The van der Waals surface area contributed by atoms with Crippen molar-refractivity contribution in [2.24, 2.45) is 5.73 Å². The second-order valence-electron chi connectivity index (χ2n) is 7.81. The summed E-state index contributed by atoms with van der Waals surface area (Å²) < 4.78 is 14.6. The first kappa shape index (κ1) is 25.5. The number of hydrogen-bond acceptors (Lipinski definition) is 4. The second kappa shape index (κ2) is 11.3. The molecule has 1 aliphatic heterocycles. The fraction of sp³-hybridized carbons (Fsp3) is 0.200. The van der Waals surface area contributed by atoms with E-state index in [1.807, 2.05) is 18.2 Å². The number of anilines is 3. The predicted molar refractivity (Wildman–Crippen MR) is 136 cm³/mol. The van der Waals surface area contributed by atoms with E-state index in [9.17, 15) is 14.0 Å². The maximum absolute atomic E-state index is 14.6. The molecule has 0 spiro atoms. The van der Waals surface area contributed by atoms with Crippen LogP contribution in [0, 0.1) is 5.82 Å². The summed E-state index contributed by atoms with van der Waals surface area (Å²) in [5.74, 6) is -0.933. The van der Waals surface area contributed by atoms with Crippen molar-refractivity contribution in [3.8, 4) is 0 Å². The lowest BCUT2D eigenvalue weighted by Crippen LogP contribution is -2.28. The summed E-state index contributed by atoms with van der Waals surface area (Å²) in [5, 5.41) is 6.28. The van der Waals surface area contributed by atoms with Gasteiger partial charge in [0, 0.05) is 36.4 Å². The minimum absolute atomic E-state index is 0. The van der Waals surface area contributed by atoms with Gasteiger partial charge in [0.05, 0.1) is 10.7 Å². The number of benzene rings is 3. The average molecular weight is 503 g/mol. The van der Waals surface area contributed by atoms with E-state index in [0.29, 0.717) is 41.6 Å². The molecule has 178 valence electrons. The van der Waals surface area contributed by atoms with Crippen LogP contribution >= 0.6 is 24.0 Å². The van der Waals surface area contributed by atoms with E-state index < -0.39 is 17.8 Å². The molecular weight excluding hydrogens is 478 g/mol. The molecule has 4 rings (SSSR count). The fourth-order valence-corrected chi connectivity index (χ4v) is 4.15. The van der Waals surface area contributed by atoms with Crippen LogP contribution in [0.25, 0.3) is 0 Å². The molecule has 2 amide bonds. The molecule has 1 atom stereocenters. The zero-order valence-electron chi connectivity index (χ0n) is 18.3. The standard InChI is InChI=1S/C25H24ClFN4O2.ClH/c26-20-14-18(10-11-22(20)31-12-4-9-23(31)32)30-25(33)24(19-7-1-2-8-21(19)27)29-17-6-3-5-16(13-17)15-28;/h1-3,5-8,10-11,13-14,24,29H,4,9,12,15,28H2,(H,30,33);1H. The van der Waals surface area contributed by atoms with E-state index in [1.165, 1.54) is 6.07 Å². The Morgan fingerprint density at radius 3 is 2.56 bits per heavy atom. The van der Waals surface area contributed by atoms with Crippen LogP contribution in [-0.4, -0.2) is 18.4 Å². The Labute approximate surface area is 208 Å². The fourth-order valence-electron chi connectivity index (χ4n) is 3.87. The lowest BCUT2D eigenvalue weighted by Gasteiger charge is -2.22. The number of nitrogens with one attached hydrogen (secondary N) is 2. The smallest absolute Gasteiger partial charge is 0.251 e. The summed E-state index contributed by atoms with van der Waals surface area (Å²) in [4.78, 5) is 26.9. The number of nitrogens with two attached hydrogens (primary N) is 1. The molecule has 34 heavy (non-hydrogen) atoms. The third kappa shape index (κ3) is 5.67. The first-order chi connectivity index (χ1) is 16.0. The van der Waals surface area contributed by atoms with Crippen LogP contribution in [0.4, 0.5) is 21.5 Å². The van der Waals surface area contributed by atoms with Crippen molar-refractivity contribution < 1.29 is 14.0 Å². The Balaban J connectivity index is 0.00000324. The maximum atomic E-state index is 14.6. The molecule has 0 radical (unpaired) electrons. The van der Waals surface area contributed by atoms with Crippen LogP contribution in [0.2, 0.25) is 5.02 Å². The van der Waals surface area contributed by atoms with Crippen molar-refractivity contribution in [1.29, 1.82) is 0 Å². The first-order valence-corrected chi connectivity index (χ1v) is 11.0. The first-order valence-electron chi connectivity index (χ1n) is 10.7. The summed E-state index contributed by atoms with van der Waals surface area (Å²) in [6.45, 7) is 0.960. The molecule has 1 fully saturated rings. The Morgan fingerprint density at radius 1 is 1.09 bits per heavy atom. The average Bonchev–Trinajstić information content (AvgIpc) is 3.24. The van der Waals surface area contributed by atoms with Crippen LogP contribution in [0.5, 0.6) is 0 Å². The van der Waals surface area contributed by atoms with Crippen LogP contribution in [0.3, 0.4) is 0 Å². The van der Waals surface area contributed by atoms with Gasteiger partial charge in [-0.3, -0.25) is 9.59 Å². The molecule has 0 saturated carbocycles. The molecule has 1 saturated heterocycles. The normalized spacial score (nSPS) is 13.9. The van der Waals surface area contributed by atoms with Crippen molar-refractivity contribution in [3.63, 3.8) is 0 Å². The van der Waals surface area contributed by atoms with Gasteiger partial charge in [-0.1, -0.05) is 41.9 Å². The van der Waals surface area contributed by atoms with Gasteiger partial charge in [-0.15, -0.1) is 12.4 Å². The van der Waals surface area contributed by atoms with Crippen LogP contribution < -0.4 is 21.3 Å². The zero-order valence-corrected chi connectivity index (χ0v) is 19.8. The number of halogens is 3. The molecule has 1 aliphatic rings. The van der Waals surface area contributed by atoms with Gasteiger partial charge in [-0.25, -0.2) is 4.39 Å². The number of carbonyl (C=O) groups excluding carboxylic acids is 2. The number of amides is 2. The van der Waals surface area contributed by atoms with E-state index in [2.05, 4.69) is 10.6 Å². The lowest BCUT2D eigenvalue weighted by molar-refractivity contribution is -0.117. The largest absolute Gasteiger partial charge is 0.370 e. The van der Waals surface area contributed by atoms with Crippen molar-refractivity contribution in [2.45, 2.75) is 25.4 Å². The minimum Gasteiger partial charge on any atom is -0.370 e. The lowest BCUT2D eigenvalue weighted by atomic mass is 10.0. The van der Waals surface area contributed by atoms with E-state index in [4.69, 9.17) is 17.3 Å². The highest BCUT2D eigenvalue weighted by Gasteiger charge is 2.26. The number of nitrogens with zero attached hydrogens (tertiary/aromatic N) is 1. The molecule has 3 aromatic carbocycles.